The van der Waals surface area contributed by atoms with Crippen LogP contribution in [0.2, 0.25) is 0 Å². The van der Waals surface area contributed by atoms with Crippen LogP contribution in [0, 0.1) is 5.41 Å². The highest BCUT2D eigenvalue weighted by atomic mass is 14.7. The Balaban J connectivity index is 3.02. The highest BCUT2D eigenvalue weighted by molar-refractivity contribution is 6.11. The topological polar surface area (TPSA) is 36.7 Å². The van der Waals surface area contributed by atoms with E-state index in [9.17, 15) is 0 Å². The molecule has 0 spiro atoms. The molecule has 0 aliphatic heterocycles. The second-order valence-electron chi connectivity index (χ2n) is 2.95. The van der Waals surface area contributed by atoms with Crippen LogP contribution in [0.3, 0.4) is 0 Å². The number of hydrogen-bond acceptors (Lipinski definition) is 2. The largest absolute Gasteiger partial charge is 0.298 e. The lowest BCUT2D eigenvalue weighted by molar-refractivity contribution is 1.27. The number of hydrogen-bond donors (Lipinski definition) is 1. The van der Waals surface area contributed by atoms with Gasteiger partial charge in [-0.2, -0.15) is 0 Å². The van der Waals surface area contributed by atoms with Crippen molar-refractivity contribution in [1.29, 1.82) is 5.41 Å². The fraction of sp³-hybridized carbons (Fsp3) is 0.0769. The zero-order valence-electron chi connectivity index (χ0n) is 8.77. The third-order valence-electron chi connectivity index (χ3n) is 1.85. The van der Waals surface area contributed by atoms with Crippen LogP contribution < -0.4 is 0 Å². The Kier molecular flexibility index (Phi) is 4.23. The summed E-state index contributed by atoms with van der Waals surface area (Å²) in [5.74, 6) is 0. The molecule has 0 atom stereocenters. The SMILES string of the molecule is C=C/C=C(\C=C/C)C(=N)c1ccccn1. The molecular formula is C13H14N2. The van der Waals surface area contributed by atoms with Crippen LogP contribution in [0.1, 0.15) is 12.6 Å². The van der Waals surface area contributed by atoms with Crippen LogP contribution in [0.25, 0.3) is 0 Å². The van der Waals surface area contributed by atoms with Gasteiger partial charge in [0.25, 0.3) is 0 Å². The van der Waals surface area contributed by atoms with Gasteiger partial charge < -0.3 is 0 Å². The summed E-state index contributed by atoms with van der Waals surface area (Å²) in [6, 6.07) is 5.53. The Morgan fingerprint density at radius 1 is 1.47 bits per heavy atom. The van der Waals surface area contributed by atoms with E-state index in [1.165, 1.54) is 0 Å². The number of nitrogens with zero attached hydrogens (tertiary/aromatic N) is 1. The molecule has 0 aliphatic carbocycles. The van der Waals surface area contributed by atoms with E-state index in [4.69, 9.17) is 5.41 Å². The fourth-order valence-electron chi connectivity index (χ4n) is 1.19. The molecule has 1 aromatic rings. The van der Waals surface area contributed by atoms with E-state index in [1.54, 1.807) is 18.3 Å². The second-order valence-corrected chi connectivity index (χ2v) is 2.95. The molecule has 2 heteroatoms. The van der Waals surface area contributed by atoms with Crippen molar-refractivity contribution in [2.45, 2.75) is 6.92 Å². The van der Waals surface area contributed by atoms with E-state index in [2.05, 4.69) is 11.6 Å². The minimum atomic E-state index is 0.411. The van der Waals surface area contributed by atoms with Crippen molar-refractivity contribution in [3.05, 3.63) is 66.5 Å². The first-order valence-electron chi connectivity index (χ1n) is 4.75. The Labute approximate surface area is 90.2 Å². The van der Waals surface area contributed by atoms with Gasteiger partial charge >= 0.3 is 0 Å². The average Bonchev–Trinajstić information content (AvgIpc) is 2.29. The third-order valence-corrected chi connectivity index (χ3v) is 1.85. The molecule has 0 fully saturated rings. The monoisotopic (exact) mass is 198 g/mol. The van der Waals surface area contributed by atoms with Gasteiger partial charge in [-0.15, -0.1) is 0 Å². The maximum atomic E-state index is 7.96. The average molecular weight is 198 g/mol. The molecule has 0 aromatic carbocycles. The van der Waals surface area contributed by atoms with Gasteiger partial charge in [0.1, 0.15) is 0 Å². The molecule has 0 radical (unpaired) electrons. The van der Waals surface area contributed by atoms with Gasteiger partial charge in [-0.3, -0.25) is 10.4 Å². The molecule has 0 saturated carbocycles. The van der Waals surface area contributed by atoms with Crippen LogP contribution >= 0.6 is 0 Å². The van der Waals surface area contributed by atoms with Gasteiger partial charge in [-0.25, -0.2) is 0 Å². The van der Waals surface area contributed by atoms with Crippen LogP contribution in [0.4, 0.5) is 0 Å². The number of pyridine rings is 1. The normalized spacial score (nSPS) is 11.7. The molecule has 1 heterocycles. The fourth-order valence-corrected chi connectivity index (χ4v) is 1.19. The lowest BCUT2D eigenvalue weighted by atomic mass is 10.1. The first-order valence-corrected chi connectivity index (χ1v) is 4.75. The van der Waals surface area contributed by atoms with Crippen molar-refractivity contribution in [3.8, 4) is 0 Å². The maximum Gasteiger partial charge on any atom is 0.0885 e. The van der Waals surface area contributed by atoms with E-state index in [0.717, 1.165) is 5.57 Å². The van der Waals surface area contributed by atoms with E-state index >= 15 is 0 Å². The van der Waals surface area contributed by atoms with Crippen molar-refractivity contribution in [3.63, 3.8) is 0 Å². The Morgan fingerprint density at radius 3 is 2.80 bits per heavy atom. The first-order chi connectivity index (χ1) is 7.29. The van der Waals surface area contributed by atoms with Crippen molar-refractivity contribution in [2.75, 3.05) is 0 Å². The standard InChI is InChI=1S/C13H14N2/c1-3-7-11(8-4-2)13(14)12-9-5-6-10-15-12/h3-10,14H,1H2,2H3/b8-4-,11-7+,14-13?. The van der Waals surface area contributed by atoms with Crippen LogP contribution in [0.5, 0.6) is 0 Å². The molecule has 0 saturated heterocycles. The van der Waals surface area contributed by atoms with Crippen molar-refractivity contribution < 1.29 is 0 Å². The quantitative estimate of drug-likeness (QED) is 0.585. The Bertz CT molecular complexity index is 400. The van der Waals surface area contributed by atoms with E-state index in [-0.39, 0.29) is 0 Å². The van der Waals surface area contributed by atoms with E-state index < -0.39 is 0 Å². The van der Waals surface area contributed by atoms with Crippen LogP contribution in [-0.4, -0.2) is 10.7 Å². The molecule has 2 nitrogen and oxygen atoms in total. The second kappa shape index (κ2) is 5.70. The first kappa shape index (κ1) is 11.1. The van der Waals surface area contributed by atoms with Gasteiger partial charge in [-0.05, 0) is 19.1 Å². The molecule has 0 unspecified atom stereocenters. The van der Waals surface area contributed by atoms with Gasteiger partial charge in [0.2, 0.25) is 0 Å². The Hall–Kier alpha value is -1.96. The zero-order valence-corrected chi connectivity index (χ0v) is 8.77. The molecule has 15 heavy (non-hydrogen) atoms. The van der Waals surface area contributed by atoms with Crippen molar-refractivity contribution in [2.24, 2.45) is 0 Å². The van der Waals surface area contributed by atoms with Crippen LogP contribution in [-0.2, 0) is 0 Å². The van der Waals surface area contributed by atoms with Crippen LogP contribution in [0.15, 0.2) is 60.9 Å². The maximum absolute atomic E-state index is 7.96. The number of nitrogens with one attached hydrogen (secondary N) is 1. The summed E-state index contributed by atoms with van der Waals surface area (Å²) in [4.78, 5) is 4.13. The third kappa shape index (κ3) is 3.02. The summed E-state index contributed by atoms with van der Waals surface area (Å²) in [7, 11) is 0. The van der Waals surface area contributed by atoms with Gasteiger partial charge in [0.05, 0.1) is 11.4 Å². The molecule has 0 amide bonds. The molecule has 0 aliphatic rings. The van der Waals surface area contributed by atoms with Crippen molar-refractivity contribution in [1.82, 2.24) is 4.98 Å². The van der Waals surface area contributed by atoms with Gasteiger partial charge in [0, 0.05) is 11.8 Å². The smallest absolute Gasteiger partial charge is 0.0885 e. The Morgan fingerprint density at radius 2 is 2.27 bits per heavy atom. The number of rotatable bonds is 4. The van der Waals surface area contributed by atoms with E-state index in [0.29, 0.717) is 11.4 Å². The predicted molar refractivity (Wildman–Crippen MR) is 64.2 cm³/mol. The summed E-state index contributed by atoms with van der Waals surface area (Å²) >= 11 is 0. The van der Waals surface area contributed by atoms with Gasteiger partial charge in [0.15, 0.2) is 0 Å². The number of aromatic nitrogens is 1. The predicted octanol–water partition coefficient (Wildman–Crippen LogP) is 3.14. The highest BCUT2D eigenvalue weighted by Gasteiger charge is 2.04. The lowest BCUT2D eigenvalue weighted by Gasteiger charge is -2.03. The zero-order chi connectivity index (χ0) is 11.1. The molecular weight excluding hydrogens is 184 g/mol. The molecule has 1 rings (SSSR count). The summed E-state index contributed by atoms with van der Waals surface area (Å²) in [6.45, 7) is 5.55. The minimum absolute atomic E-state index is 0.411. The lowest BCUT2D eigenvalue weighted by Crippen LogP contribution is -2.03. The summed E-state index contributed by atoms with van der Waals surface area (Å²) in [6.07, 6.45) is 8.93. The molecule has 1 aromatic heterocycles. The van der Waals surface area contributed by atoms with Gasteiger partial charge in [-0.1, -0.05) is 36.9 Å². The van der Waals surface area contributed by atoms with Crippen molar-refractivity contribution >= 4 is 5.71 Å². The summed E-state index contributed by atoms with van der Waals surface area (Å²) in [5.41, 5.74) is 1.89. The molecule has 0 bridgehead atoms. The summed E-state index contributed by atoms with van der Waals surface area (Å²) in [5, 5.41) is 7.96. The minimum Gasteiger partial charge on any atom is -0.298 e. The molecule has 1 N–H and O–H groups in total. The van der Waals surface area contributed by atoms with E-state index in [1.807, 2.05) is 37.3 Å². The molecule has 76 valence electrons. The highest BCUT2D eigenvalue weighted by Crippen LogP contribution is 2.07. The summed E-state index contributed by atoms with van der Waals surface area (Å²) < 4.78 is 0. The number of allylic oxidation sites excluding steroid dienone is 5.